The molecule has 0 fully saturated rings. The van der Waals surface area contributed by atoms with Crippen molar-refractivity contribution >= 4 is 61.2 Å². The van der Waals surface area contributed by atoms with Gasteiger partial charge in [-0.05, 0) is 37.3 Å². The first kappa shape index (κ1) is 21.6. The number of carbonyl (C=O) groups excluding carboxylic acids is 1. The normalized spacial score (nSPS) is 11.2. The maximum atomic E-state index is 12.7. The average molecular weight is 495 g/mol. The maximum Gasteiger partial charge on any atom is 0.259 e. The van der Waals surface area contributed by atoms with Crippen LogP contribution in [-0.2, 0) is 5.75 Å². The molecule has 0 saturated carbocycles. The number of carbonyl (C=O) groups is 1. The van der Waals surface area contributed by atoms with E-state index in [1.807, 2.05) is 37.4 Å². The molecule has 7 nitrogen and oxygen atoms in total. The molecule has 5 rings (SSSR count). The van der Waals surface area contributed by atoms with E-state index < -0.39 is 0 Å². The fourth-order valence-electron chi connectivity index (χ4n) is 3.34. The average Bonchev–Trinajstić information content (AvgIpc) is 3.39. The number of ether oxygens (including phenoxy) is 1. The summed E-state index contributed by atoms with van der Waals surface area (Å²) in [6.45, 7) is 1.96. The first-order chi connectivity index (χ1) is 16.0. The van der Waals surface area contributed by atoms with E-state index in [0.29, 0.717) is 27.7 Å². The Balaban J connectivity index is 1.32. The van der Waals surface area contributed by atoms with Gasteiger partial charge in [0, 0.05) is 28.6 Å². The van der Waals surface area contributed by atoms with Crippen LogP contribution in [0.4, 0.5) is 5.69 Å². The van der Waals surface area contributed by atoms with Crippen molar-refractivity contribution in [3.63, 3.8) is 0 Å². The van der Waals surface area contributed by atoms with E-state index >= 15 is 0 Å². The number of hydrogen-bond acceptors (Lipinski definition) is 8. The molecule has 0 saturated heterocycles. The van der Waals surface area contributed by atoms with Crippen LogP contribution in [0.1, 0.15) is 20.9 Å². The highest BCUT2D eigenvalue weighted by atomic mass is 32.2. The van der Waals surface area contributed by atoms with Crippen LogP contribution < -0.4 is 15.6 Å². The molecule has 10 heteroatoms. The number of hydrogen-bond donors (Lipinski definition) is 1. The van der Waals surface area contributed by atoms with Crippen LogP contribution >= 0.6 is 34.4 Å². The van der Waals surface area contributed by atoms with Crippen molar-refractivity contribution in [2.75, 3.05) is 12.4 Å². The molecule has 0 atom stereocenters. The van der Waals surface area contributed by atoms with Gasteiger partial charge in [0.1, 0.15) is 5.75 Å². The van der Waals surface area contributed by atoms with Gasteiger partial charge in [-0.1, -0.05) is 23.9 Å². The van der Waals surface area contributed by atoms with Gasteiger partial charge in [0.2, 0.25) is 0 Å². The number of anilines is 1. The zero-order valence-corrected chi connectivity index (χ0v) is 20.1. The number of amides is 1. The summed E-state index contributed by atoms with van der Waals surface area (Å²) >= 11 is 4.58. The van der Waals surface area contributed by atoms with Crippen LogP contribution in [0, 0.1) is 6.92 Å². The number of nitrogens with zero attached hydrogens (tertiary/aromatic N) is 3. The highest BCUT2D eigenvalue weighted by Crippen LogP contribution is 2.33. The van der Waals surface area contributed by atoms with Crippen LogP contribution in [0.25, 0.3) is 15.2 Å². The van der Waals surface area contributed by atoms with Gasteiger partial charge in [0.15, 0.2) is 9.30 Å². The van der Waals surface area contributed by atoms with E-state index in [2.05, 4.69) is 15.3 Å². The van der Waals surface area contributed by atoms with E-state index in [4.69, 9.17) is 4.74 Å². The van der Waals surface area contributed by atoms with Crippen LogP contribution in [0.15, 0.2) is 63.9 Å². The van der Waals surface area contributed by atoms with Gasteiger partial charge in [-0.15, -0.1) is 22.7 Å². The van der Waals surface area contributed by atoms with E-state index in [-0.39, 0.29) is 11.5 Å². The van der Waals surface area contributed by atoms with Gasteiger partial charge in [-0.25, -0.2) is 9.97 Å². The quantitative estimate of drug-likeness (QED) is 0.326. The Morgan fingerprint density at radius 2 is 2.00 bits per heavy atom. The van der Waals surface area contributed by atoms with Gasteiger partial charge in [-0.2, -0.15) is 0 Å². The molecular formula is C23H18N4O3S3. The number of thiazole rings is 2. The largest absolute Gasteiger partial charge is 0.496 e. The first-order valence-electron chi connectivity index (χ1n) is 9.96. The molecule has 0 aliphatic carbocycles. The molecule has 3 aromatic heterocycles. The third kappa shape index (κ3) is 4.50. The summed E-state index contributed by atoms with van der Waals surface area (Å²) in [5.41, 5.74) is 2.68. The van der Waals surface area contributed by atoms with E-state index in [1.54, 1.807) is 58.9 Å². The number of benzene rings is 2. The number of thioether (sulfide) groups is 1. The SMILES string of the molecule is COc1ccccc1C(=O)Nc1ccc2nc(SCc3cc(=O)n4cc(C)sc4n3)sc2c1. The number of nitrogens with one attached hydrogen (secondary N) is 1. The molecule has 33 heavy (non-hydrogen) atoms. The van der Waals surface area contributed by atoms with Gasteiger partial charge in [0.25, 0.3) is 11.5 Å². The predicted octanol–water partition coefficient (Wildman–Crippen LogP) is 5.23. The molecule has 0 unspecified atom stereocenters. The van der Waals surface area contributed by atoms with E-state index in [0.717, 1.165) is 25.1 Å². The second-order valence-electron chi connectivity index (χ2n) is 7.19. The fraction of sp³-hybridized carbons (Fsp3) is 0.130. The Morgan fingerprint density at radius 1 is 1.15 bits per heavy atom. The molecule has 1 N–H and O–H groups in total. The Hall–Kier alpha value is -3.21. The van der Waals surface area contributed by atoms with Crippen molar-refractivity contribution < 1.29 is 9.53 Å². The van der Waals surface area contributed by atoms with Crippen molar-refractivity contribution in [2.45, 2.75) is 17.0 Å². The lowest BCUT2D eigenvalue weighted by Crippen LogP contribution is -2.12. The number of para-hydroxylation sites is 1. The second-order valence-corrected chi connectivity index (χ2v) is 10.7. The van der Waals surface area contributed by atoms with Gasteiger partial charge in [0.05, 0.1) is 28.6 Å². The molecule has 0 aliphatic heterocycles. The first-order valence-corrected chi connectivity index (χ1v) is 12.6. The topological polar surface area (TPSA) is 85.6 Å². The lowest BCUT2D eigenvalue weighted by molar-refractivity contribution is 0.102. The molecule has 2 aromatic carbocycles. The fourth-order valence-corrected chi connectivity index (χ4v) is 6.19. The standard InChI is InChI=1S/C23H18N4O3S3/c1-13-11-27-20(28)10-15(25-22(27)32-13)12-31-23-26-17-8-7-14(9-19(17)33-23)24-21(29)16-5-3-4-6-18(16)30-2/h3-11H,12H2,1-2H3,(H,24,29). The zero-order valence-electron chi connectivity index (χ0n) is 17.7. The van der Waals surface area contributed by atoms with Crippen molar-refractivity contribution in [2.24, 2.45) is 0 Å². The van der Waals surface area contributed by atoms with Crippen LogP contribution in [0.5, 0.6) is 5.75 Å². The number of rotatable bonds is 6. The number of aromatic nitrogens is 3. The third-order valence-corrected chi connectivity index (χ3v) is 7.95. The Bertz CT molecular complexity index is 1550. The number of aryl methyl sites for hydroxylation is 1. The molecule has 3 heterocycles. The summed E-state index contributed by atoms with van der Waals surface area (Å²) in [6, 6.07) is 14.3. The lowest BCUT2D eigenvalue weighted by atomic mass is 10.2. The van der Waals surface area contributed by atoms with Gasteiger partial charge < -0.3 is 10.1 Å². The van der Waals surface area contributed by atoms with Crippen molar-refractivity contribution in [1.29, 1.82) is 0 Å². The van der Waals surface area contributed by atoms with Crippen molar-refractivity contribution in [3.05, 3.63) is 81.2 Å². The summed E-state index contributed by atoms with van der Waals surface area (Å²) in [5.74, 6) is 0.846. The summed E-state index contributed by atoms with van der Waals surface area (Å²) in [4.78, 5) is 36.0. The predicted molar refractivity (Wildman–Crippen MR) is 134 cm³/mol. The minimum atomic E-state index is -0.234. The molecule has 0 aliphatic rings. The van der Waals surface area contributed by atoms with Crippen molar-refractivity contribution in [1.82, 2.24) is 14.4 Å². The summed E-state index contributed by atoms with van der Waals surface area (Å²) < 4.78 is 8.70. The highest BCUT2D eigenvalue weighted by Gasteiger charge is 2.13. The molecule has 0 bridgehead atoms. The number of methoxy groups -OCH3 is 1. The third-order valence-electron chi connectivity index (χ3n) is 4.86. The Kier molecular flexibility index (Phi) is 5.88. The maximum absolute atomic E-state index is 12.7. The van der Waals surface area contributed by atoms with Crippen molar-refractivity contribution in [3.8, 4) is 5.75 Å². The minimum Gasteiger partial charge on any atom is -0.496 e. The van der Waals surface area contributed by atoms with E-state index in [9.17, 15) is 9.59 Å². The van der Waals surface area contributed by atoms with Crippen LogP contribution in [0.2, 0.25) is 0 Å². The zero-order chi connectivity index (χ0) is 22.9. The summed E-state index contributed by atoms with van der Waals surface area (Å²) in [5, 5.41) is 2.92. The summed E-state index contributed by atoms with van der Waals surface area (Å²) in [7, 11) is 1.54. The van der Waals surface area contributed by atoms with Gasteiger partial charge in [-0.3, -0.25) is 14.0 Å². The Labute approximate surface area is 201 Å². The molecule has 0 radical (unpaired) electrons. The Morgan fingerprint density at radius 3 is 2.85 bits per heavy atom. The van der Waals surface area contributed by atoms with Crippen LogP contribution in [0.3, 0.4) is 0 Å². The lowest BCUT2D eigenvalue weighted by Gasteiger charge is -2.09. The number of fused-ring (bicyclic) bond motifs is 2. The molecular weight excluding hydrogens is 476 g/mol. The van der Waals surface area contributed by atoms with Crippen LogP contribution in [-0.4, -0.2) is 27.4 Å². The van der Waals surface area contributed by atoms with Gasteiger partial charge >= 0.3 is 0 Å². The molecule has 5 aromatic rings. The molecule has 166 valence electrons. The monoisotopic (exact) mass is 494 g/mol. The molecule has 1 amide bonds. The smallest absolute Gasteiger partial charge is 0.259 e. The van der Waals surface area contributed by atoms with E-state index in [1.165, 1.54) is 11.3 Å². The molecule has 0 spiro atoms. The highest BCUT2D eigenvalue weighted by molar-refractivity contribution is 8.00. The second kappa shape index (κ2) is 8.97. The summed E-state index contributed by atoms with van der Waals surface area (Å²) in [6.07, 6.45) is 1.81. The minimum absolute atomic E-state index is 0.0697.